The summed E-state index contributed by atoms with van der Waals surface area (Å²) in [7, 11) is 0. The summed E-state index contributed by atoms with van der Waals surface area (Å²) < 4.78 is 65.5. The number of benzene rings is 2. The fourth-order valence-corrected chi connectivity index (χ4v) is 4.50. The first-order valence-electron chi connectivity index (χ1n) is 11.0. The van der Waals surface area contributed by atoms with Gasteiger partial charge in [0.1, 0.15) is 17.7 Å². The van der Waals surface area contributed by atoms with Gasteiger partial charge < -0.3 is 4.74 Å². The standard InChI is InChI=1S/C26H18BrF4N3O2/c27-16-7-9-21(32-13-16)20(29)11-14-6-8-19(28)17(10-14)26(24(30)31)18-12-22(18)36-25(34-26)33-23(35)15-4-2-1-3-5-15/h1-11,13,18,22,24H,12H2,(H,33,34,35)/b20-11-/t18-,22+,26+/m0/s1. The molecule has 2 aromatic carbocycles. The molecule has 3 aromatic rings. The van der Waals surface area contributed by atoms with Crippen LogP contribution in [0.25, 0.3) is 11.9 Å². The summed E-state index contributed by atoms with van der Waals surface area (Å²) >= 11 is 3.22. The van der Waals surface area contributed by atoms with Gasteiger partial charge in [-0.05, 0) is 70.4 Å². The zero-order valence-electron chi connectivity index (χ0n) is 18.5. The van der Waals surface area contributed by atoms with Crippen molar-refractivity contribution in [3.63, 3.8) is 0 Å². The number of carbonyl (C=O) groups is 1. The van der Waals surface area contributed by atoms with Crippen LogP contribution >= 0.6 is 15.9 Å². The van der Waals surface area contributed by atoms with Gasteiger partial charge in [0.15, 0.2) is 5.54 Å². The number of fused-ring (bicyclic) bond motifs is 1. The van der Waals surface area contributed by atoms with Gasteiger partial charge in [0.2, 0.25) is 0 Å². The lowest BCUT2D eigenvalue weighted by molar-refractivity contribution is 0.0166. The molecular weight excluding hydrogens is 542 g/mol. The van der Waals surface area contributed by atoms with E-state index in [1.165, 1.54) is 18.3 Å². The SMILES string of the molecule is O=C(NC1=N[C@@](c2cc(/C=C(\F)c3ccc(Br)cn3)ccc2F)(C(F)F)[C@H]2C[C@H]2O1)c1ccccc1. The number of hydrogen-bond acceptors (Lipinski definition) is 4. The molecule has 0 spiro atoms. The second-order valence-corrected chi connectivity index (χ2v) is 9.37. The second-order valence-electron chi connectivity index (χ2n) is 8.45. The molecule has 0 bridgehead atoms. The average molecular weight is 560 g/mol. The van der Waals surface area contributed by atoms with E-state index in [0.717, 1.165) is 18.2 Å². The topological polar surface area (TPSA) is 63.6 Å². The van der Waals surface area contributed by atoms with E-state index in [0.29, 0.717) is 4.47 Å². The zero-order valence-corrected chi connectivity index (χ0v) is 20.1. The van der Waals surface area contributed by atoms with Crippen molar-refractivity contribution in [3.8, 4) is 0 Å². The number of ether oxygens (including phenoxy) is 1. The minimum atomic E-state index is -3.12. The van der Waals surface area contributed by atoms with Gasteiger partial charge in [0.25, 0.3) is 18.4 Å². The molecule has 10 heteroatoms. The van der Waals surface area contributed by atoms with Crippen LogP contribution in [0.5, 0.6) is 0 Å². The third kappa shape index (κ3) is 4.53. The number of amides is 1. The number of alkyl halides is 2. The van der Waals surface area contributed by atoms with Crippen LogP contribution in [-0.4, -0.2) is 29.4 Å². The van der Waals surface area contributed by atoms with E-state index < -0.39 is 53.1 Å². The van der Waals surface area contributed by atoms with Crippen molar-refractivity contribution in [3.05, 3.63) is 99.5 Å². The fraction of sp³-hybridized carbons (Fsp3) is 0.192. The molecule has 1 fully saturated rings. The van der Waals surface area contributed by atoms with Crippen molar-refractivity contribution >= 4 is 39.8 Å². The highest BCUT2D eigenvalue weighted by Gasteiger charge is 2.64. The van der Waals surface area contributed by atoms with Crippen molar-refractivity contribution in [1.82, 2.24) is 10.3 Å². The van der Waals surface area contributed by atoms with Crippen LogP contribution in [0, 0.1) is 11.7 Å². The summed E-state index contributed by atoms with van der Waals surface area (Å²) in [5.41, 5.74) is -2.24. The predicted octanol–water partition coefficient (Wildman–Crippen LogP) is 6.12. The number of carbonyl (C=O) groups excluding carboxylic acids is 1. The van der Waals surface area contributed by atoms with E-state index in [1.807, 2.05) is 0 Å². The minimum Gasteiger partial charge on any atom is -0.461 e. The molecular formula is C26H18BrF4N3O2. The second kappa shape index (κ2) is 9.50. The normalized spacial score (nSPS) is 22.9. The fourth-order valence-electron chi connectivity index (χ4n) is 4.27. The number of aromatic nitrogens is 1. The van der Waals surface area contributed by atoms with E-state index in [9.17, 15) is 18.0 Å². The summed E-state index contributed by atoms with van der Waals surface area (Å²) in [5.74, 6) is -3.04. The van der Waals surface area contributed by atoms with Crippen molar-refractivity contribution in [1.29, 1.82) is 0 Å². The highest BCUT2D eigenvalue weighted by molar-refractivity contribution is 9.10. The molecule has 36 heavy (non-hydrogen) atoms. The van der Waals surface area contributed by atoms with Crippen LogP contribution in [-0.2, 0) is 10.3 Å². The van der Waals surface area contributed by atoms with E-state index in [-0.39, 0.29) is 23.2 Å². The molecule has 1 aromatic heterocycles. The zero-order chi connectivity index (χ0) is 25.4. The molecule has 5 nitrogen and oxygen atoms in total. The van der Waals surface area contributed by atoms with Crippen LogP contribution in [0.15, 0.2) is 76.3 Å². The maximum Gasteiger partial charge on any atom is 0.293 e. The number of rotatable bonds is 5. The summed E-state index contributed by atoms with van der Waals surface area (Å²) in [6, 6.07) is 14.2. The Kier molecular flexibility index (Phi) is 6.38. The lowest BCUT2D eigenvalue weighted by atomic mass is 9.84. The predicted molar refractivity (Wildman–Crippen MR) is 129 cm³/mol. The van der Waals surface area contributed by atoms with Crippen LogP contribution in [0.2, 0.25) is 0 Å². The van der Waals surface area contributed by atoms with Crippen LogP contribution in [0.1, 0.15) is 33.6 Å². The van der Waals surface area contributed by atoms with Gasteiger partial charge in [-0.2, -0.15) is 0 Å². The van der Waals surface area contributed by atoms with Gasteiger partial charge in [-0.1, -0.05) is 24.3 Å². The van der Waals surface area contributed by atoms with Gasteiger partial charge in [-0.25, -0.2) is 22.6 Å². The van der Waals surface area contributed by atoms with Gasteiger partial charge >= 0.3 is 0 Å². The lowest BCUT2D eigenvalue weighted by Crippen LogP contribution is -2.46. The molecule has 2 heterocycles. The summed E-state index contributed by atoms with van der Waals surface area (Å²) in [6.07, 6.45) is -1.07. The van der Waals surface area contributed by atoms with E-state index in [1.54, 1.807) is 36.4 Å². The number of aliphatic imine (C=N–C) groups is 1. The van der Waals surface area contributed by atoms with Crippen molar-refractivity contribution in [2.24, 2.45) is 10.9 Å². The molecule has 1 N–H and O–H groups in total. The Labute approximate surface area is 212 Å². The first-order chi connectivity index (χ1) is 17.3. The van der Waals surface area contributed by atoms with Crippen LogP contribution in [0.3, 0.4) is 0 Å². The molecule has 1 aliphatic carbocycles. The first kappa shape index (κ1) is 24.2. The summed E-state index contributed by atoms with van der Waals surface area (Å²) in [4.78, 5) is 20.6. The first-order valence-corrected chi connectivity index (χ1v) is 11.8. The van der Waals surface area contributed by atoms with Gasteiger partial charge in [0.05, 0.1) is 5.69 Å². The van der Waals surface area contributed by atoms with Crippen LogP contribution < -0.4 is 5.32 Å². The molecule has 1 aliphatic heterocycles. The monoisotopic (exact) mass is 559 g/mol. The number of nitrogens with zero attached hydrogens (tertiary/aromatic N) is 2. The van der Waals surface area contributed by atoms with Gasteiger partial charge in [-0.3, -0.25) is 15.1 Å². The van der Waals surface area contributed by atoms with Crippen molar-refractivity contribution in [2.75, 3.05) is 0 Å². The minimum absolute atomic E-state index is 0.0323. The Morgan fingerprint density at radius 1 is 1.17 bits per heavy atom. The molecule has 1 saturated carbocycles. The lowest BCUT2D eigenvalue weighted by Gasteiger charge is -2.34. The Hall–Kier alpha value is -3.53. The van der Waals surface area contributed by atoms with Crippen molar-refractivity contribution in [2.45, 2.75) is 24.5 Å². The third-order valence-corrected chi connectivity index (χ3v) is 6.59. The Morgan fingerprint density at radius 3 is 2.64 bits per heavy atom. The highest BCUT2D eigenvalue weighted by atomic mass is 79.9. The Balaban J connectivity index is 1.53. The van der Waals surface area contributed by atoms with Crippen LogP contribution in [0.4, 0.5) is 17.6 Å². The summed E-state index contributed by atoms with van der Waals surface area (Å²) in [5, 5.41) is 2.41. The number of halogens is 5. The molecule has 0 unspecified atom stereocenters. The quantitative estimate of drug-likeness (QED) is 0.383. The average Bonchev–Trinajstić information content (AvgIpc) is 3.65. The van der Waals surface area contributed by atoms with E-state index >= 15 is 4.39 Å². The molecule has 0 radical (unpaired) electrons. The third-order valence-electron chi connectivity index (χ3n) is 6.12. The van der Waals surface area contributed by atoms with Crippen molar-refractivity contribution < 1.29 is 27.1 Å². The summed E-state index contributed by atoms with van der Waals surface area (Å²) in [6.45, 7) is 0. The molecule has 3 atom stereocenters. The number of hydrogen-bond donors (Lipinski definition) is 1. The van der Waals surface area contributed by atoms with Gasteiger partial charge in [0, 0.05) is 27.7 Å². The molecule has 1 amide bonds. The largest absolute Gasteiger partial charge is 0.461 e. The number of nitrogens with one attached hydrogen (secondary N) is 1. The number of pyridine rings is 1. The molecule has 184 valence electrons. The van der Waals surface area contributed by atoms with Gasteiger partial charge in [-0.15, -0.1) is 0 Å². The molecule has 0 saturated heterocycles. The highest BCUT2D eigenvalue weighted by Crippen LogP contribution is 2.56. The Morgan fingerprint density at radius 2 is 1.94 bits per heavy atom. The smallest absolute Gasteiger partial charge is 0.293 e. The van der Waals surface area contributed by atoms with E-state index in [4.69, 9.17) is 4.74 Å². The maximum atomic E-state index is 15.0. The molecule has 2 aliphatic rings. The molecule has 5 rings (SSSR count). The number of amidine groups is 1. The van der Waals surface area contributed by atoms with E-state index in [2.05, 4.69) is 31.2 Å². The maximum absolute atomic E-state index is 15.0. The Bertz CT molecular complexity index is 1370.